The number of nitrogens with two attached hydrogens (primary N) is 1. The fourth-order valence-electron chi connectivity index (χ4n) is 2.04. The second-order valence-corrected chi connectivity index (χ2v) is 4.31. The second kappa shape index (κ2) is 5.27. The van der Waals surface area contributed by atoms with Gasteiger partial charge in [0.1, 0.15) is 5.75 Å². The topological polar surface area (TPSA) is 47.7 Å². The average molecular weight is 236 g/mol. The largest absolute Gasteiger partial charge is 0.495 e. The van der Waals surface area contributed by atoms with Crippen molar-refractivity contribution >= 4 is 11.4 Å². The van der Waals surface area contributed by atoms with Crippen LogP contribution in [-0.2, 0) is 4.74 Å². The Morgan fingerprint density at radius 3 is 2.71 bits per heavy atom. The standard InChI is InChI=1S/C13H20N2O2/c1-16-9-8-15(10-6-7-10)11-4-3-5-12(17-2)13(11)14/h3-5,10H,6-9,14H2,1-2H3. The van der Waals surface area contributed by atoms with Crippen LogP contribution in [0.2, 0.25) is 0 Å². The summed E-state index contributed by atoms with van der Waals surface area (Å²) in [6, 6.07) is 6.53. The van der Waals surface area contributed by atoms with E-state index in [1.54, 1.807) is 14.2 Å². The fraction of sp³-hybridized carbons (Fsp3) is 0.538. The maximum absolute atomic E-state index is 6.12. The molecule has 1 aromatic rings. The van der Waals surface area contributed by atoms with Gasteiger partial charge >= 0.3 is 0 Å². The number of hydrogen-bond donors (Lipinski definition) is 1. The van der Waals surface area contributed by atoms with Gasteiger partial charge in [-0.3, -0.25) is 0 Å². The number of hydrogen-bond acceptors (Lipinski definition) is 4. The molecule has 0 amide bonds. The number of rotatable bonds is 6. The molecule has 94 valence electrons. The van der Waals surface area contributed by atoms with E-state index in [-0.39, 0.29) is 0 Å². The quantitative estimate of drug-likeness (QED) is 0.766. The second-order valence-electron chi connectivity index (χ2n) is 4.31. The first-order valence-corrected chi connectivity index (χ1v) is 5.96. The molecule has 0 aliphatic heterocycles. The van der Waals surface area contributed by atoms with Gasteiger partial charge in [-0.25, -0.2) is 0 Å². The molecule has 0 aromatic heterocycles. The van der Waals surface area contributed by atoms with Crippen LogP contribution in [0.4, 0.5) is 11.4 Å². The maximum atomic E-state index is 6.12. The highest BCUT2D eigenvalue weighted by Crippen LogP contribution is 2.38. The summed E-state index contributed by atoms with van der Waals surface area (Å²) in [5.41, 5.74) is 7.90. The Labute approximate surface area is 102 Å². The highest BCUT2D eigenvalue weighted by atomic mass is 16.5. The number of anilines is 2. The molecule has 1 aromatic carbocycles. The molecule has 1 fully saturated rings. The molecule has 4 heteroatoms. The number of methoxy groups -OCH3 is 2. The van der Waals surface area contributed by atoms with Gasteiger partial charge in [0.2, 0.25) is 0 Å². The molecule has 0 bridgehead atoms. The summed E-state index contributed by atoms with van der Waals surface area (Å²) in [6.45, 7) is 1.59. The molecule has 4 nitrogen and oxygen atoms in total. The summed E-state index contributed by atoms with van der Waals surface area (Å²) < 4.78 is 10.4. The van der Waals surface area contributed by atoms with Gasteiger partial charge in [-0.05, 0) is 25.0 Å². The first-order valence-electron chi connectivity index (χ1n) is 5.96. The molecular weight excluding hydrogens is 216 g/mol. The summed E-state index contributed by atoms with van der Waals surface area (Å²) in [6.07, 6.45) is 2.47. The van der Waals surface area contributed by atoms with E-state index in [0.717, 1.165) is 23.7 Å². The average Bonchev–Trinajstić information content (AvgIpc) is 3.16. The van der Waals surface area contributed by atoms with Crippen molar-refractivity contribution in [1.82, 2.24) is 0 Å². The maximum Gasteiger partial charge on any atom is 0.143 e. The first kappa shape index (κ1) is 12.0. The molecule has 1 saturated carbocycles. The van der Waals surface area contributed by atoms with Crippen molar-refractivity contribution in [2.45, 2.75) is 18.9 Å². The van der Waals surface area contributed by atoms with Crippen molar-refractivity contribution < 1.29 is 9.47 Å². The van der Waals surface area contributed by atoms with E-state index in [0.29, 0.717) is 12.6 Å². The smallest absolute Gasteiger partial charge is 0.143 e. The van der Waals surface area contributed by atoms with Crippen molar-refractivity contribution in [2.24, 2.45) is 0 Å². The fourth-order valence-corrected chi connectivity index (χ4v) is 2.04. The van der Waals surface area contributed by atoms with Crippen LogP contribution >= 0.6 is 0 Å². The minimum Gasteiger partial charge on any atom is -0.495 e. The number of benzene rings is 1. The summed E-state index contributed by atoms with van der Waals surface area (Å²) in [7, 11) is 3.37. The Balaban J connectivity index is 2.22. The molecule has 1 aliphatic rings. The molecular formula is C13H20N2O2. The van der Waals surface area contributed by atoms with Crippen LogP contribution < -0.4 is 15.4 Å². The predicted octanol–water partition coefficient (Wildman–Crippen LogP) is 1.89. The van der Waals surface area contributed by atoms with E-state index in [4.69, 9.17) is 15.2 Å². The van der Waals surface area contributed by atoms with Gasteiger partial charge in [0.25, 0.3) is 0 Å². The Kier molecular flexibility index (Phi) is 3.74. The number of nitrogen functional groups attached to an aromatic ring is 1. The van der Waals surface area contributed by atoms with Crippen molar-refractivity contribution in [3.8, 4) is 5.75 Å². The van der Waals surface area contributed by atoms with Gasteiger partial charge in [-0.2, -0.15) is 0 Å². The zero-order chi connectivity index (χ0) is 12.3. The molecule has 17 heavy (non-hydrogen) atoms. The Hall–Kier alpha value is -1.42. The van der Waals surface area contributed by atoms with Crippen molar-refractivity contribution in [1.29, 1.82) is 0 Å². The van der Waals surface area contributed by atoms with Crippen LogP contribution in [-0.4, -0.2) is 33.4 Å². The molecule has 2 N–H and O–H groups in total. The third-order valence-electron chi connectivity index (χ3n) is 3.10. The van der Waals surface area contributed by atoms with Crippen LogP contribution in [0.1, 0.15) is 12.8 Å². The summed E-state index contributed by atoms with van der Waals surface area (Å²) in [4.78, 5) is 2.32. The van der Waals surface area contributed by atoms with E-state index in [9.17, 15) is 0 Å². The van der Waals surface area contributed by atoms with Crippen molar-refractivity contribution in [3.63, 3.8) is 0 Å². The Morgan fingerprint density at radius 1 is 1.35 bits per heavy atom. The molecule has 1 aliphatic carbocycles. The minimum absolute atomic E-state index is 0.611. The van der Waals surface area contributed by atoms with E-state index in [1.807, 2.05) is 18.2 Å². The van der Waals surface area contributed by atoms with Gasteiger partial charge < -0.3 is 20.1 Å². The van der Waals surface area contributed by atoms with Crippen LogP contribution in [0.3, 0.4) is 0 Å². The van der Waals surface area contributed by atoms with E-state index in [2.05, 4.69) is 4.90 Å². The lowest BCUT2D eigenvalue weighted by atomic mass is 10.2. The lowest BCUT2D eigenvalue weighted by molar-refractivity contribution is 0.205. The van der Waals surface area contributed by atoms with Crippen LogP contribution in [0.25, 0.3) is 0 Å². The SMILES string of the molecule is COCCN(c1cccc(OC)c1N)C1CC1. The predicted molar refractivity (Wildman–Crippen MR) is 69.7 cm³/mol. The number of ether oxygens (including phenoxy) is 2. The van der Waals surface area contributed by atoms with Crippen LogP contribution in [0, 0.1) is 0 Å². The van der Waals surface area contributed by atoms with Crippen molar-refractivity contribution in [3.05, 3.63) is 18.2 Å². The number of para-hydroxylation sites is 1. The monoisotopic (exact) mass is 236 g/mol. The molecule has 0 radical (unpaired) electrons. The van der Waals surface area contributed by atoms with E-state index < -0.39 is 0 Å². The lowest BCUT2D eigenvalue weighted by Gasteiger charge is -2.26. The van der Waals surface area contributed by atoms with Gasteiger partial charge in [-0.1, -0.05) is 6.07 Å². The zero-order valence-corrected chi connectivity index (χ0v) is 10.5. The summed E-state index contributed by atoms with van der Waals surface area (Å²) in [5, 5.41) is 0. The Morgan fingerprint density at radius 2 is 2.12 bits per heavy atom. The summed E-state index contributed by atoms with van der Waals surface area (Å²) in [5.74, 6) is 0.741. The van der Waals surface area contributed by atoms with E-state index in [1.165, 1.54) is 12.8 Å². The van der Waals surface area contributed by atoms with E-state index >= 15 is 0 Å². The van der Waals surface area contributed by atoms with Gasteiger partial charge in [0.15, 0.2) is 0 Å². The molecule has 0 unspecified atom stereocenters. The van der Waals surface area contributed by atoms with Crippen molar-refractivity contribution in [2.75, 3.05) is 38.0 Å². The van der Waals surface area contributed by atoms with Gasteiger partial charge in [-0.15, -0.1) is 0 Å². The van der Waals surface area contributed by atoms with Gasteiger partial charge in [0.05, 0.1) is 25.1 Å². The third kappa shape index (κ3) is 2.64. The molecule has 0 atom stereocenters. The third-order valence-corrected chi connectivity index (χ3v) is 3.10. The first-order chi connectivity index (χ1) is 8.27. The highest BCUT2D eigenvalue weighted by Gasteiger charge is 2.30. The molecule has 2 rings (SSSR count). The summed E-state index contributed by atoms with van der Waals surface area (Å²) >= 11 is 0. The Bertz CT molecular complexity index is 378. The molecule has 0 saturated heterocycles. The molecule has 0 heterocycles. The van der Waals surface area contributed by atoms with Crippen LogP contribution in [0.15, 0.2) is 18.2 Å². The van der Waals surface area contributed by atoms with Gasteiger partial charge in [0, 0.05) is 19.7 Å². The van der Waals surface area contributed by atoms with Crippen LogP contribution in [0.5, 0.6) is 5.75 Å². The lowest BCUT2D eigenvalue weighted by Crippen LogP contribution is -2.30. The number of nitrogens with zero attached hydrogens (tertiary/aromatic N) is 1. The molecule has 0 spiro atoms. The normalized spacial score (nSPS) is 14.7. The zero-order valence-electron chi connectivity index (χ0n) is 10.5. The minimum atomic E-state index is 0.611. The highest BCUT2D eigenvalue weighted by molar-refractivity contribution is 5.74.